The Hall–Kier alpha value is -0.830. The molecule has 3 nitrogen and oxygen atoms in total. The zero-order valence-electron chi connectivity index (χ0n) is 11.0. The van der Waals surface area contributed by atoms with Crippen molar-refractivity contribution in [1.29, 1.82) is 0 Å². The van der Waals surface area contributed by atoms with Crippen molar-refractivity contribution in [3.63, 3.8) is 0 Å². The highest BCUT2D eigenvalue weighted by Crippen LogP contribution is 2.11. The summed E-state index contributed by atoms with van der Waals surface area (Å²) < 4.78 is 2.08. The summed E-state index contributed by atoms with van der Waals surface area (Å²) >= 11 is 0. The van der Waals surface area contributed by atoms with Gasteiger partial charge in [-0.05, 0) is 44.8 Å². The van der Waals surface area contributed by atoms with Gasteiger partial charge >= 0.3 is 0 Å². The van der Waals surface area contributed by atoms with Crippen molar-refractivity contribution in [1.82, 2.24) is 15.1 Å². The van der Waals surface area contributed by atoms with Crippen molar-refractivity contribution in [3.05, 3.63) is 18.0 Å². The van der Waals surface area contributed by atoms with Crippen molar-refractivity contribution in [2.45, 2.75) is 46.6 Å². The summed E-state index contributed by atoms with van der Waals surface area (Å²) in [5.74, 6) is 0.653. The zero-order valence-corrected chi connectivity index (χ0v) is 11.0. The Bertz CT molecular complexity index is 293. The SMILES string of the molecule is CCNCC(C)Cc1ccn(C(C)CC)n1. The van der Waals surface area contributed by atoms with Crippen molar-refractivity contribution in [2.24, 2.45) is 5.92 Å². The van der Waals surface area contributed by atoms with Gasteiger partial charge in [-0.15, -0.1) is 0 Å². The Balaban J connectivity index is 2.45. The van der Waals surface area contributed by atoms with Gasteiger partial charge < -0.3 is 5.32 Å². The fourth-order valence-electron chi connectivity index (χ4n) is 1.74. The van der Waals surface area contributed by atoms with Crippen LogP contribution in [-0.2, 0) is 6.42 Å². The monoisotopic (exact) mass is 223 g/mol. The third-order valence-electron chi connectivity index (χ3n) is 3.01. The van der Waals surface area contributed by atoms with Crippen LogP contribution < -0.4 is 5.32 Å². The minimum Gasteiger partial charge on any atom is -0.317 e. The largest absolute Gasteiger partial charge is 0.317 e. The highest BCUT2D eigenvalue weighted by atomic mass is 15.3. The minimum atomic E-state index is 0.512. The van der Waals surface area contributed by atoms with E-state index in [2.05, 4.69) is 55.1 Å². The van der Waals surface area contributed by atoms with Gasteiger partial charge in [0.2, 0.25) is 0 Å². The normalized spacial score (nSPS) is 15.0. The molecular weight excluding hydrogens is 198 g/mol. The fourth-order valence-corrected chi connectivity index (χ4v) is 1.74. The third kappa shape index (κ3) is 3.97. The molecule has 0 aliphatic heterocycles. The van der Waals surface area contributed by atoms with Gasteiger partial charge in [0.15, 0.2) is 0 Å². The molecule has 0 aliphatic rings. The number of hydrogen-bond acceptors (Lipinski definition) is 2. The van der Waals surface area contributed by atoms with E-state index in [9.17, 15) is 0 Å². The third-order valence-corrected chi connectivity index (χ3v) is 3.01. The second kappa shape index (κ2) is 6.69. The predicted octanol–water partition coefficient (Wildman–Crippen LogP) is 2.64. The van der Waals surface area contributed by atoms with Gasteiger partial charge in [0.05, 0.1) is 5.69 Å². The Morgan fingerprint density at radius 1 is 1.38 bits per heavy atom. The van der Waals surface area contributed by atoms with Crippen LogP contribution in [0.4, 0.5) is 0 Å². The van der Waals surface area contributed by atoms with Crippen LogP contribution in [0.25, 0.3) is 0 Å². The molecule has 1 aromatic rings. The van der Waals surface area contributed by atoms with E-state index in [4.69, 9.17) is 0 Å². The van der Waals surface area contributed by atoms with E-state index in [1.165, 1.54) is 5.69 Å². The van der Waals surface area contributed by atoms with Gasteiger partial charge in [0.25, 0.3) is 0 Å². The molecular formula is C13H25N3. The average Bonchev–Trinajstić information content (AvgIpc) is 2.73. The number of nitrogens with zero attached hydrogens (tertiary/aromatic N) is 2. The lowest BCUT2D eigenvalue weighted by molar-refractivity contribution is 0.463. The Morgan fingerprint density at radius 2 is 2.12 bits per heavy atom. The van der Waals surface area contributed by atoms with Crippen molar-refractivity contribution in [2.75, 3.05) is 13.1 Å². The lowest BCUT2D eigenvalue weighted by Crippen LogP contribution is -2.22. The first kappa shape index (κ1) is 13.2. The van der Waals surface area contributed by atoms with Crippen molar-refractivity contribution >= 4 is 0 Å². The fraction of sp³-hybridized carbons (Fsp3) is 0.769. The first-order valence-electron chi connectivity index (χ1n) is 6.42. The van der Waals surface area contributed by atoms with Crippen LogP contribution in [0.1, 0.15) is 45.9 Å². The summed E-state index contributed by atoms with van der Waals surface area (Å²) in [5, 5.41) is 7.99. The molecule has 0 bridgehead atoms. The lowest BCUT2D eigenvalue weighted by atomic mass is 10.1. The topological polar surface area (TPSA) is 29.9 Å². The minimum absolute atomic E-state index is 0.512. The zero-order chi connectivity index (χ0) is 12.0. The molecule has 0 aromatic carbocycles. The standard InChI is InChI=1S/C13H25N3/c1-5-12(4)16-8-7-13(15-16)9-11(3)10-14-6-2/h7-8,11-12,14H,5-6,9-10H2,1-4H3. The van der Waals surface area contributed by atoms with Crippen molar-refractivity contribution < 1.29 is 0 Å². The van der Waals surface area contributed by atoms with Crippen LogP contribution in [0.3, 0.4) is 0 Å². The molecule has 1 heterocycles. The molecule has 1 rings (SSSR count). The smallest absolute Gasteiger partial charge is 0.0627 e. The molecule has 92 valence electrons. The molecule has 2 unspecified atom stereocenters. The Kier molecular flexibility index (Phi) is 5.53. The summed E-state index contributed by atoms with van der Waals surface area (Å²) in [6, 6.07) is 2.66. The molecule has 0 aliphatic carbocycles. The number of nitrogens with one attached hydrogen (secondary N) is 1. The number of aromatic nitrogens is 2. The summed E-state index contributed by atoms with van der Waals surface area (Å²) in [5.41, 5.74) is 1.21. The van der Waals surface area contributed by atoms with E-state index in [-0.39, 0.29) is 0 Å². The van der Waals surface area contributed by atoms with Crippen LogP contribution in [0.15, 0.2) is 12.3 Å². The molecule has 1 aromatic heterocycles. The first-order valence-corrected chi connectivity index (χ1v) is 6.42. The van der Waals surface area contributed by atoms with Gasteiger partial charge in [-0.1, -0.05) is 20.8 Å². The molecule has 3 heteroatoms. The Labute approximate surface area is 99.2 Å². The van der Waals surface area contributed by atoms with E-state index < -0.39 is 0 Å². The second-order valence-electron chi connectivity index (χ2n) is 4.66. The maximum Gasteiger partial charge on any atom is 0.0627 e. The van der Waals surface area contributed by atoms with Gasteiger partial charge in [-0.2, -0.15) is 5.10 Å². The van der Waals surface area contributed by atoms with Gasteiger partial charge in [0, 0.05) is 12.2 Å². The van der Waals surface area contributed by atoms with Crippen LogP contribution in [0.5, 0.6) is 0 Å². The number of hydrogen-bond donors (Lipinski definition) is 1. The molecule has 16 heavy (non-hydrogen) atoms. The highest BCUT2D eigenvalue weighted by molar-refractivity contribution is 5.00. The molecule has 2 atom stereocenters. The van der Waals surface area contributed by atoms with E-state index in [1.807, 2.05) is 0 Å². The molecule has 0 saturated heterocycles. The van der Waals surface area contributed by atoms with Gasteiger partial charge in [-0.3, -0.25) is 4.68 Å². The van der Waals surface area contributed by atoms with E-state index in [0.29, 0.717) is 12.0 Å². The first-order chi connectivity index (χ1) is 7.67. The molecule has 1 N–H and O–H groups in total. The van der Waals surface area contributed by atoms with Crippen LogP contribution >= 0.6 is 0 Å². The quantitative estimate of drug-likeness (QED) is 0.770. The summed E-state index contributed by atoms with van der Waals surface area (Å²) in [6.07, 6.45) is 4.30. The Morgan fingerprint density at radius 3 is 2.75 bits per heavy atom. The summed E-state index contributed by atoms with van der Waals surface area (Å²) in [7, 11) is 0. The maximum absolute atomic E-state index is 4.62. The second-order valence-corrected chi connectivity index (χ2v) is 4.66. The van der Waals surface area contributed by atoms with Crippen LogP contribution in [-0.4, -0.2) is 22.9 Å². The molecule has 0 saturated carbocycles. The number of rotatable bonds is 7. The summed E-state index contributed by atoms with van der Waals surface area (Å²) in [4.78, 5) is 0. The van der Waals surface area contributed by atoms with Gasteiger partial charge in [0.1, 0.15) is 0 Å². The van der Waals surface area contributed by atoms with E-state index >= 15 is 0 Å². The highest BCUT2D eigenvalue weighted by Gasteiger charge is 2.08. The van der Waals surface area contributed by atoms with Crippen LogP contribution in [0.2, 0.25) is 0 Å². The van der Waals surface area contributed by atoms with Gasteiger partial charge in [-0.25, -0.2) is 0 Å². The van der Waals surface area contributed by atoms with E-state index in [1.54, 1.807) is 0 Å². The van der Waals surface area contributed by atoms with E-state index in [0.717, 1.165) is 25.9 Å². The molecule has 0 amide bonds. The molecule has 0 radical (unpaired) electrons. The average molecular weight is 223 g/mol. The lowest BCUT2D eigenvalue weighted by Gasteiger charge is -2.11. The molecule has 0 spiro atoms. The predicted molar refractivity (Wildman–Crippen MR) is 68.6 cm³/mol. The maximum atomic E-state index is 4.62. The summed E-state index contributed by atoms with van der Waals surface area (Å²) in [6.45, 7) is 10.9. The van der Waals surface area contributed by atoms with Crippen molar-refractivity contribution in [3.8, 4) is 0 Å². The van der Waals surface area contributed by atoms with Crippen LogP contribution in [0, 0.1) is 5.92 Å². The molecule has 0 fully saturated rings.